The van der Waals surface area contributed by atoms with E-state index in [1.54, 1.807) is 12.1 Å². The molecule has 1 saturated heterocycles. The quantitative estimate of drug-likeness (QED) is 0.861. The Morgan fingerprint density at radius 3 is 2.89 bits per heavy atom. The van der Waals surface area contributed by atoms with Gasteiger partial charge in [-0.3, -0.25) is 4.90 Å². The molecule has 1 aromatic rings. The highest BCUT2D eigenvalue weighted by molar-refractivity contribution is 9.10. The zero-order chi connectivity index (χ0) is 13.7. The van der Waals surface area contributed by atoms with Crippen molar-refractivity contribution < 1.29 is 14.2 Å². The van der Waals surface area contributed by atoms with E-state index in [2.05, 4.69) is 26.1 Å². The van der Waals surface area contributed by atoms with Crippen molar-refractivity contribution in [2.75, 3.05) is 44.7 Å². The maximum atomic E-state index is 13.5. The molecule has 4 nitrogen and oxygen atoms in total. The monoisotopic (exact) mass is 332 g/mol. The lowest BCUT2D eigenvalue weighted by Crippen LogP contribution is -2.42. The molecule has 0 amide bonds. The van der Waals surface area contributed by atoms with Gasteiger partial charge >= 0.3 is 0 Å². The molecule has 0 spiro atoms. The SMILES string of the molecule is OC(CNc1cc(Br)ccc1F)CN1CCOCC1. The Hall–Kier alpha value is -0.690. The fourth-order valence-electron chi connectivity index (χ4n) is 2.01. The Morgan fingerprint density at radius 2 is 2.16 bits per heavy atom. The third-order valence-corrected chi connectivity index (χ3v) is 3.52. The van der Waals surface area contributed by atoms with Crippen LogP contribution in [0.5, 0.6) is 0 Å². The molecule has 0 aromatic heterocycles. The minimum Gasteiger partial charge on any atom is -0.390 e. The summed E-state index contributed by atoms with van der Waals surface area (Å²) >= 11 is 3.29. The summed E-state index contributed by atoms with van der Waals surface area (Å²) in [4.78, 5) is 2.15. The first-order valence-electron chi connectivity index (χ1n) is 6.32. The maximum absolute atomic E-state index is 13.5. The van der Waals surface area contributed by atoms with Crippen LogP contribution in [0.3, 0.4) is 0 Å². The number of anilines is 1. The third-order valence-electron chi connectivity index (χ3n) is 3.03. The molecule has 1 atom stereocenters. The minimum atomic E-state index is -0.531. The first-order chi connectivity index (χ1) is 9.15. The Kier molecular flexibility index (Phi) is 5.57. The van der Waals surface area contributed by atoms with Gasteiger partial charge < -0.3 is 15.2 Å². The van der Waals surface area contributed by atoms with Crippen LogP contribution >= 0.6 is 15.9 Å². The van der Waals surface area contributed by atoms with Gasteiger partial charge in [-0.25, -0.2) is 4.39 Å². The Labute approximate surface area is 120 Å². The summed E-state index contributed by atoms with van der Waals surface area (Å²) in [5.74, 6) is -0.318. The molecular formula is C13H18BrFN2O2. The summed E-state index contributed by atoms with van der Waals surface area (Å²) in [5, 5.41) is 12.9. The van der Waals surface area contributed by atoms with Crippen LogP contribution < -0.4 is 5.32 Å². The topological polar surface area (TPSA) is 44.7 Å². The molecule has 0 bridgehead atoms. The molecule has 1 aliphatic rings. The summed E-state index contributed by atoms with van der Waals surface area (Å²) in [5.41, 5.74) is 0.399. The molecular weight excluding hydrogens is 315 g/mol. The zero-order valence-electron chi connectivity index (χ0n) is 10.6. The zero-order valence-corrected chi connectivity index (χ0v) is 12.2. The van der Waals surface area contributed by atoms with E-state index >= 15 is 0 Å². The second-order valence-corrected chi connectivity index (χ2v) is 5.49. The molecule has 2 N–H and O–H groups in total. The number of hydrogen-bond donors (Lipinski definition) is 2. The van der Waals surface area contributed by atoms with Crippen molar-refractivity contribution in [1.82, 2.24) is 4.90 Å². The third kappa shape index (κ3) is 4.72. The number of halogens is 2. The number of rotatable bonds is 5. The molecule has 1 unspecified atom stereocenters. The van der Waals surface area contributed by atoms with Crippen molar-refractivity contribution >= 4 is 21.6 Å². The van der Waals surface area contributed by atoms with Gasteiger partial charge in [0.15, 0.2) is 0 Å². The van der Waals surface area contributed by atoms with Gasteiger partial charge in [0.1, 0.15) is 5.82 Å². The minimum absolute atomic E-state index is 0.318. The number of aliphatic hydroxyl groups is 1. The summed E-state index contributed by atoms with van der Waals surface area (Å²) < 4.78 is 19.5. The lowest BCUT2D eigenvalue weighted by molar-refractivity contribution is 0.0171. The first-order valence-corrected chi connectivity index (χ1v) is 7.11. The number of hydrogen-bond acceptors (Lipinski definition) is 4. The molecule has 1 aromatic carbocycles. The van der Waals surface area contributed by atoms with Crippen LogP contribution in [0.4, 0.5) is 10.1 Å². The van der Waals surface area contributed by atoms with Crippen LogP contribution in [-0.2, 0) is 4.74 Å². The molecule has 1 aliphatic heterocycles. The standard InChI is InChI=1S/C13H18BrFN2O2/c14-10-1-2-12(15)13(7-10)16-8-11(18)9-17-3-5-19-6-4-17/h1-2,7,11,16,18H,3-6,8-9H2. The molecule has 0 radical (unpaired) electrons. The molecule has 0 aliphatic carbocycles. The highest BCUT2D eigenvalue weighted by atomic mass is 79.9. The molecule has 19 heavy (non-hydrogen) atoms. The van der Waals surface area contributed by atoms with E-state index in [1.807, 2.05) is 0 Å². The van der Waals surface area contributed by atoms with Crippen LogP contribution in [0.2, 0.25) is 0 Å². The summed E-state index contributed by atoms with van der Waals surface area (Å²) in [6.45, 7) is 3.99. The number of β-amino-alcohol motifs (C(OH)–C–C–N with tert-alkyl or cyclic N) is 1. The van der Waals surface area contributed by atoms with Gasteiger partial charge in [-0.1, -0.05) is 15.9 Å². The van der Waals surface area contributed by atoms with E-state index in [9.17, 15) is 9.50 Å². The highest BCUT2D eigenvalue weighted by Gasteiger charge is 2.15. The van der Waals surface area contributed by atoms with Crippen LogP contribution in [0.25, 0.3) is 0 Å². The fraction of sp³-hybridized carbons (Fsp3) is 0.538. The van der Waals surface area contributed by atoms with Gasteiger partial charge in [-0.05, 0) is 18.2 Å². The number of morpholine rings is 1. The van der Waals surface area contributed by atoms with Crippen LogP contribution in [0, 0.1) is 5.82 Å². The van der Waals surface area contributed by atoms with Crippen molar-refractivity contribution in [2.24, 2.45) is 0 Å². The Balaban J connectivity index is 1.79. The highest BCUT2D eigenvalue weighted by Crippen LogP contribution is 2.19. The lowest BCUT2D eigenvalue weighted by atomic mass is 10.2. The molecule has 0 saturated carbocycles. The summed E-state index contributed by atoms with van der Waals surface area (Å²) in [7, 11) is 0. The van der Waals surface area contributed by atoms with Crippen LogP contribution in [-0.4, -0.2) is 55.5 Å². The average molecular weight is 333 g/mol. The normalized spacial score (nSPS) is 18.3. The van der Waals surface area contributed by atoms with E-state index in [0.717, 1.165) is 17.6 Å². The van der Waals surface area contributed by atoms with E-state index in [4.69, 9.17) is 4.74 Å². The second-order valence-electron chi connectivity index (χ2n) is 4.57. The number of nitrogens with one attached hydrogen (secondary N) is 1. The second kappa shape index (κ2) is 7.19. The predicted octanol–water partition coefficient (Wildman–Crippen LogP) is 1.69. The van der Waals surface area contributed by atoms with Gasteiger partial charge in [-0.2, -0.15) is 0 Å². The van der Waals surface area contributed by atoms with Crippen molar-refractivity contribution in [3.05, 3.63) is 28.5 Å². The summed E-state index contributed by atoms with van der Waals surface area (Å²) in [6.07, 6.45) is -0.531. The van der Waals surface area contributed by atoms with Crippen molar-refractivity contribution in [2.45, 2.75) is 6.10 Å². The van der Waals surface area contributed by atoms with E-state index in [1.165, 1.54) is 6.07 Å². The van der Waals surface area contributed by atoms with Crippen molar-refractivity contribution in [3.8, 4) is 0 Å². The number of nitrogens with zero attached hydrogens (tertiary/aromatic N) is 1. The number of ether oxygens (including phenoxy) is 1. The fourth-order valence-corrected chi connectivity index (χ4v) is 2.37. The van der Waals surface area contributed by atoms with Crippen molar-refractivity contribution in [1.29, 1.82) is 0 Å². The van der Waals surface area contributed by atoms with Gasteiger partial charge in [0.05, 0.1) is 25.0 Å². The predicted molar refractivity (Wildman–Crippen MR) is 75.9 cm³/mol. The van der Waals surface area contributed by atoms with Gasteiger partial charge in [0.2, 0.25) is 0 Å². The Bertz CT molecular complexity index is 414. The van der Waals surface area contributed by atoms with Gasteiger partial charge in [0, 0.05) is 30.7 Å². The molecule has 1 fully saturated rings. The molecule has 2 rings (SSSR count). The van der Waals surface area contributed by atoms with Crippen LogP contribution in [0.1, 0.15) is 0 Å². The molecule has 106 valence electrons. The summed E-state index contributed by atoms with van der Waals surface area (Å²) in [6, 6.07) is 4.70. The van der Waals surface area contributed by atoms with Crippen LogP contribution in [0.15, 0.2) is 22.7 Å². The van der Waals surface area contributed by atoms with Gasteiger partial charge in [-0.15, -0.1) is 0 Å². The maximum Gasteiger partial charge on any atom is 0.146 e. The van der Waals surface area contributed by atoms with E-state index in [-0.39, 0.29) is 5.82 Å². The van der Waals surface area contributed by atoms with Crippen molar-refractivity contribution in [3.63, 3.8) is 0 Å². The molecule has 1 heterocycles. The lowest BCUT2D eigenvalue weighted by Gasteiger charge is -2.28. The largest absolute Gasteiger partial charge is 0.390 e. The first kappa shape index (κ1) is 14.7. The number of aliphatic hydroxyl groups excluding tert-OH is 1. The average Bonchev–Trinajstić information content (AvgIpc) is 2.41. The van der Waals surface area contributed by atoms with E-state index < -0.39 is 6.10 Å². The smallest absolute Gasteiger partial charge is 0.146 e. The van der Waals surface area contributed by atoms with E-state index in [0.29, 0.717) is 32.0 Å². The number of benzene rings is 1. The Morgan fingerprint density at radius 1 is 1.42 bits per heavy atom. The van der Waals surface area contributed by atoms with Gasteiger partial charge in [0.25, 0.3) is 0 Å². The molecule has 6 heteroatoms.